The van der Waals surface area contributed by atoms with Crippen LogP contribution in [0.3, 0.4) is 0 Å². The first-order valence-corrected chi connectivity index (χ1v) is 8.67. The van der Waals surface area contributed by atoms with Crippen molar-refractivity contribution in [3.63, 3.8) is 0 Å². The number of benzene rings is 2. The molecule has 0 bridgehead atoms. The maximum Gasteiger partial charge on any atom is 0.239 e. The van der Waals surface area contributed by atoms with Gasteiger partial charge in [-0.2, -0.15) is 0 Å². The number of amides is 2. The summed E-state index contributed by atoms with van der Waals surface area (Å²) < 4.78 is 5.09. The third-order valence-corrected chi connectivity index (χ3v) is 4.47. The van der Waals surface area contributed by atoms with E-state index in [0.29, 0.717) is 22.3 Å². The van der Waals surface area contributed by atoms with Gasteiger partial charge in [-0.05, 0) is 49.7 Å². The molecular formula is C19H20Cl2N2O3. The van der Waals surface area contributed by atoms with Crippen molar-refractivity contribution in [2.24, 2.45) is 5.41 Å². The molecular weight excluding hydrogens is 375 g/mol. The van der Waals surface area contributed by atoms with E-state index in [9.17, 15) is 9.59 Å². The highest BCUT2D eigenvalue weighted by atomic mass is 35.5. The van der Waals surface area contributed by atoms with Gasteiger partial charge in [-0.25, -0.2) is 0 Å². The van der Waals surface area contributed by atoms with E-state index in [0.717, 1.165) is 11.3 Å². The average Bonchev–Trinajstić information content (AvgIpc) is 2.62. The molecule has 7 heteroatoms. The number of rotatable bonds is 6. The highest BCUT2D eigenvalue weighted by molar-refractivity contribution is 6.36. The van der Waals surface area contributed by atoms with Crippen molar-refractivity contribution in [3.8, 4) is 5.75 Å². The summed E-state index contributed by atoms with van der Waals surface area (Å²) in [5.74, 6) is -0.121. The lowest BCUT2D eigenvalue weighted by Crippen LogP contribution is -2.44. The Morgan fingerprint density at radius 3 is 2.27 bits per heavy atom. The lowest BCUT2D eigenvalue weighted by molar-refractivity contribution is -0.138. The smallest absolute Gasteiger partial charge is 0.239 e. The van der Waals surface area contributed by atoms with Gasteiger partial charge in [0.05, 0.1) is 17.8 Å². The molecule has 0 aliphatic carbocycles. The molecule has 0 saturated heterocycles. The van der Waals surface area contributed by atoms with Gasteiger partial charge in [0.25, 0.3) is 0 Å². The summed E-state index contributed by atoms with van der Waals surface area (Å²) in [6.07, 6.45) is 0. The van der Waals surface area contributed by atoms with Gasteiger partial charge < -0.3 is 15.4 Å². The van der Waals surface area contributed by atoms with Crippen molar-refractivity contribution >= 4 is 40.7 Å². The normalized spacial score (nSPS) is 11.0. The Morgan fingerprint density at radius 1 is 1.04 bits per heavy atom. The lowest BCUT2D eigenvalue weighted by Gasteiger charge is -2.23. The number of ether oxygens (including phenoxy) is 1. The minimum atomic E-state index is -1.28. The Morgan fingerprint density at radius 2 is 1.69 bits per heavy atom. The Hall–Kier alpha value is -2.24. The topological polar surface area (TPSA) is 67.4 Å². The van der Waals surface area contributed by atoms with Crippen LogP contribution in [0.4, 0.5) is 5.69 Å². The second-order valence-corrected chi connectivity index (χ2v) is 7.08. The predicted molar refractivity (Wildman–Crippen MR) is 104 cm³/mol. The van der Waals surface area contributed by atoms with Crippen molar-refractivity contribution in [1.29, 1.82) is 0 Å². The van der Waals surface area contributed by atoms with Crippen LogP contribution in [0.25, 0.3) is 0 Å². The Balaban J connectivity index is 1.99. The van der Waals surface area contributed by atoms with Crippen molar-refractivity contribution < 1.29 is 14.3 Å². The second-order valence-electron chi connectivity index (χ2n) is 6.23. The number of hydrogen-bond acceptors (Lipinski definition) is 3. The zero-order valence-corrected chi connectivity index (χ0v) is 16.2. The predicted octanol–water partition coefficient (Wildman–Crippen LogP) is 4.28. The van der Waals surface area contributed by atoms with Crippen LogP contribution in [0.5, 0.6) is 5.75 Å². The number of methoxy groups -OCH3 is 1. The molecule has 0 fully saturated rings. The van der Waals surface area contributed by atoms with E-state index < -0.39 is 17.2 Å². The molecule has 5 nitrogen and oxygen atoms in total. The highest BCUT2D eigenvalue weighted by Crippen LogP contribution is 2.27. The van der Waals surface area contributed by atoms with Crippen molar-refractivity contribution in [3.05, 3.63) is 58.1 Å². The third-order valence-electron chi connectivity index (χ3n) is 3.93. The SMILES string of the molecule is COc1ccc(CNC(=O)C(C)(C)C(=O)Nc2ccc(Cl)cc2Cl)cc1. The first kappa shape index (κ1) is 20.1. The maximum absolute atomic E-state index is 12.5. The molecule has 0 aliphatic rings. The molecule has 0 unspecified atom stereocenters. The molecule has 0 aromatic heterocycles. The highest BCUT2D eigenvalue weighted by Gasteiger charge is 2.36. The van der Waals surface area contributed by atoms with Gasteiger partial charge in [0.1, 0.15) is 11.2 Å². The molecule has 2 amide bonds. The van der Waals surface area contributed by atoms with Crippen LogP contribution in [0.15, 0.2) is 42.5 Å². The molecule has 2 rings (SSSR count). The number of halogens is 2. The zero-order valence-electron chi connectivity index (χ0n) is 14.7. The largest absolute Gasteiger partial charge is 0.497 e. The van der Waals surface area contributed by atoms with Crippen LogP contribution in [-0.2, 0) is 16.1 Å². The molecule has 0 spiro atoms. The summed E-state index contributed by atoms with van der Waals surface area (Å²) in [7, 11) is 1.59. The van der Waals surface area contributed by atoms with E-state index >= 15 is 0 Å². The van der Waals surface area contributed by atoms with E-state index in [1.54, 1.807) is 33.1 Å². The number of carbonyl (C=O) groups excluding carboxylic acids is 2. The fraction of sp³-hybridized carbons (Fsp3) is 0.263. The monoisotopic (exact) mass is 394 g/mol. The first-order valence-electron chi connectivity index (χ1n) is 7.92. The van der Waals surface area contributed by atoms with Gasteiger partial charge >= 0.3 is 0 Å². The standard InChI is InChI=1S/C19H20Cl2N2O3/c1-19(2,18(25)23-16-9-6-13(20)10-15(16)21)17(24)22-11-12-4-7-14(26-3)8-5-12/h4-10H,11H2,1-3H3,(H,22,24)(H,23,25). The van der Waals surface area contributed by atoms with Crippen LogP contribution in [0, 0.1) is 5.41 Å². The summed E-state index contributed by atoms with van der Waals surface area (Å²) >= 11 is 11.9. The summed E-state index contributed by atoms with van der Waals surface area (Å²) in [5, 5.41) is 6.21. The average molecular weight is 395 g/mol. The van der Waals surface area contributed by atoms with E-state index in [1.165, 1.54) is 6.07 Å². The lowest BCUT2D eigenvalue weighted by atomic mass is 9.90. The number of carbonyl (C=O) groups is 2. The van der Waals surface area contributed by atoms with Gasteiger partial charge in [-0.3, -0.25) is 9.59 Å². The van der Waals surface area contributed by atoms with Crippen molar-refractivity contribution in [2.45, 2.75) is 20.4 Å². The molecule has 2 aromatic rings. The second kappa shape index (κ2) is 8.43. The molecule has 138 valence electrons. The van der Waals surface area contributed by atoms with E-state index in [2.05, 4.69) is 10.6 Å². The molecule has 0 heterocycles. The van der Waals surface area contributed by atoms with E-state index in [1.807, 2.05) is 24.3 Å². The fourth-order valence-corrected chi connectivity index (χ4v) is 2.57. The quantitative estimate of drug-likeness (QED) is 0.718. The van der Waals surface area contributed by atoms with Crippen LogP contribution in [0.2, 0.25) is 10.0 Å². The van der Waals surface area contributed by atoms with Crippen LogP contribution in [-0.4, -0.2) is 18.9 Å². The minimum absolute atomic E-state index is 0.306. The van der Waals surface area contributed by atoms with Crippen LogP contribution < -0.4 is 15.4 Å². The van der Waals surface area contributed by atoms with Crippen molar-refractivity contribution in [1.82, 2.24) is 5.32 Å². The van der Waals surface area contributed by atoms with E-state index in [-0.39, 0.29) is 0 Å². The molecule has 2 N–H and O–H groups in total. The van der Waals surface area contributed by atoms with Gasteiger partial charge in [0.15, 0.2) is 0 Å². The maximum atomic E-state index is 12.5. The summed E-state index contributed by atoms with van der Waals surface area (Å²) in [6.45, 7) is 3.41. The molecule has 0 radical (unpaired) electrons. The number of nitrogens with one attached hydrogen (secondary N) is 2. The Kier molecular flexibility index (Phi) is 6.51. The molecule has 0 aliphatic heterocycles. The Labute approximate surface area is 162 Å². The van der Waals surface area contributed by atoms with Gasteiger partial charge in [0, 0.05) is 11.6 Å². The fourth-order valence-electron chi connectivity index (χ4n) is 2.12. The molecule has 2 aromatic carbocycles. The van der Waals surface area contributed by atoms with Gasteiger partial charge in [-0.1, -0.05) is 35.3 Å². The Bertz CT molecular complexity index is 805. The number of anilines is 1. The van der Waals surface area contributed by atoms with Crippen LogP contribution >= 0.6 is 23.2 Å². The third kappa shape index (κ3) is 4.90. The van der Waals surface area contributed by atoms with Crippen molar-refractivity contribution in [2.75, 3.05) is 12.4 Å². The minimum Gasteiger partial charge on any atom is -0.497 e. The zero-order chi connectivity index (χ0) is 19.3. The summed E-state index contributed by atoms with van der Waals surface area (Å²) in [4.78, 5) is 25.0. The first-order chi connectivity index (χ1) is 12.2. The number of hydrogen-bond donors (Lipinski definition) is 2. The van der Waals surface area contributed by atoms with E-state index in [4.69, 9.17) is 27.9 Å². The van der Waals surface area contributed by atoms with Gasteiger partial charge in [0.2, 0.25) is 11.8 Å². The molecule has 26 heavy (non-hydrogen) atoms. The summed E-state index contributed by atoms with van der Waals surface area (Å²) in [5.41, 5.74) is 0.0170. The molecule has 0 atom stereocenters. The van der Waals surface area contributed by atoms with Crippen LogP contribution in [0.1, 0.15) is 19.4 Å². The summed E-state index contributed by atoms with van der Waals surface area (Å²) in [6, 6.07) is 12.0. The molecule has 0 saturated carbocycles. The van der Waals surface area contributed by atoms with Gasteiger partial charge in [-0.15, -0.1) is 0 Å².